The van der Waals surface area contributed by atoms with E-state index >= 15 is 0 Å². The van der Waals surface area contributed by atoms with Gasteiger partial charge in [0.25, 0.3) is 0 Å². The Balaban J connectivity index is 1.84. The van der Waals surface area contributed by atoms with Gasteiger partial charge in [-0.1, -0.05) is 22.4 Å². The van der Waals surface area contributed by atoms with Crippen LogP contribution in [0.15, 0.2) is 34.9 Å². The summed E-state index contributed by atoms with van der Waals surface area (Å²) in [6, 6.07) is 8.17. The minimum atomic E-state index is -2.96. The van der Waals surface area contributed by atoms with Crippen molar-refractivity contribution in [1.29, 1.82) is 0 Å². The van der Waals surface area contributed by atoms with Gasteiger partial charge in [0, 0.05) is 34.0 Å². The molecule has 22 heavy (non-hydrogen) atoms. The van der Waals surface area contributed by atoms with E-state index in [4.69, 9.17) is 0 Å². The van der Waals surface area contributed by atoms with E-state index < -0.39 is 9.84 Å². The Hall–Kier alpha value is -1.14. The highest BCUT2D eigenvalue weighted by Crippen LogP contribution is 2.29. The molecule has 1 fully saturated rings. The summed E-state index contributed by atoms with van der Waals surface area (Å²) in [7, 11) is -2.96. The molecule has 2 atom stereocenters. The van der Waals surface area contributed by atoms with Gasteiger partial charge in [0.15, 0.2) is 0 Å². The average molecular weight is 383 g/mol. The van der Waals surface area contributed by atoms with Crippen LogP contribution in [0.4, 0.5) is 5.69 Å². The second kappa shape index (κ2) is 6.16. The fourth-order valence-corrected chi connectivity index (χ4v) is 4.66. The summed E-state index contributed by atoms with van der Waals surface area (Å²) in [6.45, 7) is 0. The molecule has 0 radical (unpaired) electrons. The number of rotatable bonds is 3. The Morgan fingerprint density at radius 3 is 2.86 bits per heavy atom. The second-order valence-corrected chi connectivity index (χ2v) is 9.22. The third kappa shape index (κ3) is 3.43. The van der Waals surface area contributed by atoms with Crippen molar-refractivity contribution in [3.05, 3.63) is 34.9 Å². The maximum atomic E-state index is 11.8. The number of hydrogen-bond acceptors (Lipinski definition) is 4. The highest BCUT2D eigenvalue weighted by Gasteiger charge is 2.28. The number of nitrogens with one attached hydrogen (secondary N) is 1. The summed E-state index contributed by atoms with van der Waals surface area (Å²) in [6.07, 6.45) is 6.55. The fraction of sp³-hybridized carbons (Fsp3) is 0.438. The van der Waals surface area contributed by atoms with Crippen LogP contribution in [0, 0.1) is 0 Å². The Kier molecular flexibility index (Phi) is 4.41. The summed E-state index contributed by atoms with van der Waals surface area (Å²) in [4.78, 5) is 4.38. The quantitative estimate of drug-likeness (QED) is 0.877. The number of benzene rings is 1. The number of sulfone groups is 1. The van der Waals surface area contributed by atoms with Crippen molar-refractivity contribution in [3.63, 3.8) is 0 Å². The van der Waals surface area contributed by atoms with Crippen LogP contribution in [-0.2, 0) is 9.84 Å². The number of fused-ring (bicyclic) bond motifs is 1. The standard InChI is InChI=1S/C16H19BrN2O2S/c1-22(20,21)13-4-2-3-12(10-13)19-15-7-8-18-16-9-11(17)5-6-14(15)16/h5-9,12-13H,2-4,10H2,1H3,(H,18,19). The number of nitrogens with zero attached hydrogens (tertiary/aromatic N) is 1. The van der Waals surface area contributed by atoms with Gasteiger partial charge in [0.2, 0.25) is 0 Å². The van der Waals surface area contributed by atoms with Crippen molar-refractivity contribution in [2.75, 3.05) is 11.6 Å². The van der Waals surface area contributed by atoms with E-state index in [2.05, 4.69) is 26.2 Å². The summed E-state index contributed by atoms with van der Waals surface area (Å²) < 4.78 is 24.6. The topological polar surface area (TPSA) is 59.1 Å². The van der Waals surface area contributed by atoms with Gasteiger partial charge in [-0.15, -0.1) is 0 Å². The molecule has 1 saturated carbocycles. The Labute approximate surface area is 139 Å². The third-order valence-corrected chi connectivity index (χ3v) is 6.43. The normalized spacial score (nSPS) is 22.6. The third-order valence-electron chi connectivity index (χ3n) is 4.30. The number of hydrogen-bond donors (Lipinski definition) is 1. The zero-order valence-corrected chi connectivity index (χ0v) is 14.8. The van der Waals surface area contributed by atoms with Gasteiger partial charge in [-0.3, -0.25) is 4.98 Å². The number of halogens is 1. The first-order valence-corrected chi connectivity index (χ1v) is 10.2. The van der Waals surface area contributed by atoms with Crippen LogP contribution in [0.25, 0.3) is 10.9 Å². The van der Waals surface area contributed by atoms with Crippen molar-refractivity contribution < 1.29 is 8.42 Å². The van der Waals surface area contributed by atoms with E-state index in [1.165, 1.54) is 6.26 Å². The maximum Gasteiger partial charge on any atom is 0.150 e. The van der Waals surface area contributed by atoms with E-state index in [1.807, 2.05) is 24.3 Å². The van der Waals surface area contributed by atoms with Crippen molar-refractivity contribution in [1.82, 2.24) is 4.98 Å². The van der Waals surface area contributed by atoms with Crippen LogP contribution in [0.1, 0.15) is 25.7 Å². The molecular weight excluding hydrogens is 364 g/mol. The molecule has 1 aliphatic carbocycles. The van der Waals surface area contributed by atoms with Gasteiger partial charge in [0.1, 0.15) is 9.84 Å². The molecule has 2 unspecified atom stereocenters. The van der Waals surface area contributed by atoms with Crippen LogP contribution in [0.2, 0.25) is 0 Å². The average Bonchev–Trinajstić information content (AvgIpc) is 2.46. The van der Waals surface area contributed by atoms with Crippen molar-refractivity contribution in [2.24, 2.45) is 0 Å². The highest BCUT2D eigenvalue weighted by molar-refractivity contribution is 9.10. The van der Waals surface area contributed by atoms with Crippen molar-refractivity contribution in [2.45, 2.75) is 37.0 Å². The summed E-state index contributed by atoms with van der Waals surface area (Å²) in [5.41, 5.74) is 1.95. The van der Waals surface area contributed by atoms with Crippen LogP contribution in [0.3, 0.4) is 0 Å². The first-order valence-electron chi connectivity index (χ1n) is 7.43. The molecule has 6 heteroatoms. The molecule has 0 amide bonds. The lowest BCUT2D eigenvalue weighted by Crippen LogP contribution is -2.34. The van der Waals surface area contributed by atoms with Gasteiger partial charge in [-0.25, -0.2) is 8.42 Å². The lowest BCUT2D eigenvalue weighted by Gasteiger charge is -2.29. The molecular formula is C16H19BrN2O2S. The molecule has 4 nitrogen and oxygen atoms in total. The minimum absolute atomic E-state index is 0.197. The molecule has 0 aliphatic heterocycles. The largest absolute Gasteiger partial charge is 0.382 e. The predicted octanol–water partition coefficient (Wildman–Crippen LogP) is 3.77. The molecule has 1 aliphatic rings. The predicted molar refractivity (Wildman–Crippen MR) is 94.0 cm³/mol. The van der Waals surface area contributed by atoms with E-state index in [1.54, 1.807) is 6.20 Å². The smallest absolute Gasteiger partial charge is 0.150 e. The molecule has 1 aromatic carbocycles. The van der Waals surface area contributed by atoms with Gasteiger partial charge in [-0.05, 0) is 43.5 Å². The van der Waals surface area contributed by atoms with Gasteiger partial charge in [-0.2, -0.15) is 0 Å². The molecule has 118 valence electrons. The van der Waals surface area contributed by atoms with Crippen LogP contribution >= 0.6 is 15.9 Å². The van der Waals surface area contributed by atoms with Crippen LogP contribution < -0.4 is 5.32 Å². The molecule has 1 N–H and O–H groups in total. The molecule has 3 rings (SSSR count). The Bertz CT molecular complexity index is 792. The zero-order valence-electron chi connectivity index (χ0n) is 12.4. The lowest BCUT2D eigenvalue weighted by atomic mass is 9.94. The van der Waals surface area contributed by atoms with E-state index in [9.17, 15) is 8.42 Å². The Morgan fingerprint density at radius 1 is 1.27 bits per heavy atom. The molecule has 0 saturated heterocycles. The summed E-state index contributed by atoms with van der Waals surface area (Å²) >= 11 is 3.46. The van der Waals surface area contributed by atoms with E-state index in [-0.39, 0.29) is 11.3 Å². The van der Waals surface area contributed by atoms with Gasteiger partial charge in [0.05, 0.1) is 10.8 Å². The molecule has 1 heterocycles. The molecule has 0 spiro atoms. The number of anilines is 1. The monoisotopic (exact) mass is 382 g/mol. The van der Waals surface area contributed by atoms with Crippen LogP contribution in [0.5, 0.6) is 0 Å². The van der Waals surface area contributed by atoms with Gasteiger partial charge >= 0.3 is 0 Å². The van der Waals surface area contributed by atoms with Crippen LogP contribution in [-0.4, -0.2) is 30.9 Å². The Morgan fingerprint density at radius 2 is 2.09 bits per heavy atom. The lowest BCUT2D eigenvalue weighted by molar-refractivity contribution is 0.453. The highest BCUT2D eigenvalue weighted by atomic mass is 79.9. The second-order valence-electron chi connectivity index (χ2n) is 5.98. The zero-order chi connectivity index (χ0) is 15.7. The van der Waals surface area contributed by atoms with Gasteiger partial charge < -0.3 is 5.32 Å². The molecule has 0 bridgehead atoms. The maximum absolute atomic E-state index is 11.8. The molecule has 2 aromatic rings. The van der Waals surface area contributed by atoms with Crippen molar-refractivity contribution in [3.8, 4) is 0 Å². The molecule has 1 aromatic heterocycles. The minimum Gasteiger partial charge on any atom is -0.382 e. The number of pyridine rings is 1. The number of aromatic nitrogens is 1. The van der Waals surface area contributed by atoms with E-state index in [0.717, 1.165) is 40.3 Å². The van der Waals surface area contributed by atoms with E-state index in [0.29, 0.717) is 6.42 Å². The summed E-state index contributed by atoms with van der Waals surface area (Å²) in [5.74, 6) is 0. The SMILES string of the molecule is CS(=O)(=O)C1CCCC(Nc2ccnc3cc(Br)ccc23)C1. The first kappa shape index (κ1) is 15.7. The fourth-order valence-electron chi connectivity index (χ4n) is 3.13. The summed E-state index contributed by atoms with van der Waals surface area (Å²) in [5, 5.41) is 4.37. The first-order chi connectivity index (χ1) is 10.4. The van der Waals surface area contributed by atoms with Crippen molar-refractivity contribution >= 4 is 42.4 Å².